The average molecular weight is 861 g/mol. The quantitative estimate of drug-likeness (QED) is 0.120. The Hall–Kier alpha value is -6.83. The topological polar surface area (TPSA) is 265 Å². The summed E-state index contributed by atoms with van der Waals surface area (Å²) in [4.78, 5) is 65.5. The van der Waals surface area contributed by atoms with Crippen molar-refractivity contribution in [2.45, 2.75) is 104 Å². The summed E-state index contributed by atoms with van der Waals surface area (Å²) in [6, 6.07) is 3.89. The van der Waals surface area contributed by atoms with Crippen LogP contribution in [0.3, 0.4) is 0 Å². The molecule has 2 aliphatic heterocycles. The smallest absolute Gasteiger partial charge is 0.410 e. The minimum atomic E-state index is -0.603. The van der Waals surface area contributed by atoms with Gasteiger partial charge >= 0.3 is 6.09 Å². The first kappa shape index (κ1) is 44.2. The number of nitrogens with one attached hydrogen (secondary N) is 3. The minimum absolute atomic E-state index is 0.0689. The van der Waals surface area contributed by atoms with Crippen LogP contribution in [0, 0.1) is 0 Å². The lowest BCUT2D eigenvalue weighted by Crippen LogP contribution is -2.47. The van der Waals surface area contributed by atoms with Gasteiger partial charge in [0, 0.05) is 67.3 Å². The fourth-order valence-corrected chi connectivity index (χ4v) is 7.42. The molecule has 0 saturated carbocycles. The molecule has 8 rings (SSSR count). The second-order valence-corrected chi connectivity index (χ2v) is 17.4. The number of rotatable bonds is 10. The maximum absolute atomic E-state index is 12.6. The number of piperidine rings is 2. The Morgan fingerprint density at radius 1 is 0.746 bits per heavy atom. The van der Waals surface area contributed by atoms with Gasteiger partial charge in [0.1, 0.15) is 40.3 Å². The van der Waals surface area contributed by atoms with Crippen molar-refractivity contribution in [2.24, 2.45) is 11.5 Å². The summed E-state index contributed by atoms with van der Waals surface area (Å²) in [5.41, 5.74) is 15.9. The zero-order valence-corrected chi connectivity index (χ0v) is 36.8. The van der Waals surface area contributed by atoms with Gasteiger partial charge in [-0.15, -0.1) is 0 Å². The van der Waals surface area contributed by atoms with Crippen LogP contribution >= 0.6 is 0 Å². The molecule has 2 aliphatic rings. The standard InChI is InChI=1S/C24H32N8O3.C19H24N8O/c1-14(2)32-11-15(10-28-32)18-9-17(21(25)33)19-20(30-18)22(27-13-26-19)29-16-7-6-8-31(12-16)23(34)35-24(3,4)5;1-11(2)27-9-12(7-24-27)15-6-14(18(20)28)16-17(26-15)19(23-10-22-16)25-13-4-3-5-21-8-13/h9-11,13-14,16H,6-8,12H2,1-5H3,(H2,25,33)(H,26,27,29);6-7,9-11,13,21H,3-5,8H2,1-2H3,(H2,20,28)(H,22,23,25)/t16-;13-/m00/s1. The van der Waals surface area contributed by atoms with Crippen molar-refractivity contribution in [3.05, 3.63) is 60.7 Å². The molecule has 7 N–H and O–H groups in total. The molecular formula is C43H56N16O4. The van der Waals surface area contributed by atoms with E-state index >= 15 is 0 Å². The van der Waals surface area contributed by atoms with E-state index in [2.05, 4.69) is 46.1 Å². The molecule has 6 aromatic rings. The highest BCUT2D eigenvalue weighted by atomic mass is 16.6. The first-order valence-electron chi connectivity index (χ1n) is 21.3. The molecule has 3 amide bonds. The molecule has 6 aromatic heterocycles. The molecule has 2 saturated heterocycles. The van der Waals surface area contributed by atoms with Crippen molar-refractivity contribution < 1.29 is 19.1 Å². The molecule has 0 aromatic carbocycles. The Labute approximate surface area is 365 Å². The number of hydrogen-bond donors (Lipinski definition) is 5. The highest BCUT2D eigenvalue weighted by Crippen LogP contribution is 2.30. The van der Waals surface area contributed by atoms with Crippen LogP contribution in [0.5, 0.6) is 0 Å². The molecule has 20 heteroatoms. The van der Waals surface area contributed by atoms with E-state index in [0.29, 0.717) is 63.7 Å². The molecule has 0 spiro atoms. The van der Waals surface area contributed by atoms with Gasteiger partial charge in [0.05, 0.1) is 34.9 Å². The monoisotopic (exact) mass is 860 g/mol. The number of amides is 3. The molecular weight excluding hydrogens is 805 g/mol. The van der Waals surface area contributed by atoms with Crippen LogP contribution in [0.2, 0.25) is 0 Å². The number of aromatic nitrogens is 10. The number of fused-ring (bicyclic) bond motifs is 2. The van der Waals surface area contributed by atoms with Crippen LogP contribution in [0.25, 0.3) is 44.6 Å². The molecule has 0 unspecified atom stereocenters. The number of hydrogen-bond acceptors (Lipinski definition) is 15. The lowest BCUT2D eigenvalue weighted by atomic mass is 10.1. The van der Waals surface area contributed by atoms with Gasteiger partial charge in [0.25, 0.3) is 11.8 Å². The summed E-state index contributed by atoms with van der Waals surface area (Å²) in [7, 11) is 0. The lowest BCUT2D eigenvalue weighted by Gasteiger charge is -2.34. The zero-order valence-electron chi connectivity index (χ0n) is 36.8. The third-order valence-corrected chi connectivity index (χ3v) is 10.6. The number of anilines is 2. The van der Waals surface area contributed by atoms with Gasteiger partial charge in [-0.05, 0) is 92.8 Å². The number of carbonyl (C=O) groups excluding carboxylic acids is 3. The van der Waals surface area contributed by atoms with Crippen LogP contribution in [0.1, 0.15) is 107 Å². The molecule has 2 fully saturated rings. The van der Waals surface area contributed by atoms with E-state index in [4.69, 9.17) is 26.2 Å². The van der Waals surface area contributed by atoms with Crippen molar-refractivity contribution in [1.29, 1.82) is 0 Å². The zero-order chi connectivity index (χ0) is 45.0. The third kappa shape index (κ3) is 10.4. The van der Waals surface area contributed by atoms with Crippen LogP contribution in [0.4, 0.5) is 16.4 Å². The summed E-state index contributed by atoms with van der Waals surface area (Å²) in [5.74, 6) is -0.0619. The first-order valence-corrected chi connectivity index (χ1v) is 21.3. The molecule has 0 radical (unpaired) electrons. The minimum Gasteiger partial charge on any atom is -0.444 e. The van der Waals surface area contributed by atoms with Gasteiger partial charge in [0.15, 0.2) is 11.6 Å². The van der Waals surface area contributed by atoms with Crippen molar-refractivity contribution in [3.8, 4) is 22.5 Å². The van der Waals surface area contributed by atoms with E-state index in [9.17, 15) is 14.4 Å². The SMILES string of the molecule is CC(C)n1cc(-c2cc(C(N)=O)c3ncnc(N[C@H]4CCCN(C(=O)OC(C)(C)C)C4)c3n2)cn1.CC(C)n1cc(-c2cc(C(N)=O)c3ncnc(N[C@H]4CCCNC4)c3n2)cn1. The highest BCUT2D eigenvalue weighted by Gasteiger charge is 2.29. The predicted octanol–water partition coefficient (Wildman–Crippen LogP) is 5.11. The van der Waals surface area contributed by atoms with Crippen LogP contribution in [0.15, 0.2) is 49.6 Å². The normalized spacial score (nSPS) is 16.8. The largest absolute Gasteiger partial charge is 0.444 e. The van der Waals surface area contributed by atoms with Crippen LogP contribution in [-0.4, -0.2) is 116 Å². The molecule has 332 valence electrons. The highest BCUT2D eigenvalue weighted by molar-refractivity contribution is 6.07. The number of nitrogens with zero attached hydrogens (tertiary/aromatic N) is 11. The summed E-state index contributed by atoms with van der Waals surface area (Å²) >= 11 is 0. The lowest BCUT2D eigenvalue weighted by molar-refractivity contribution is 0.0206. The number of ether oxygens (including phenoxy) is 1. The van der Waals surface area contributed by atoms with E-state index in [1.54, 1.807) is 29.4 Å². The summed E-state index contributed by atoms with van der Waals surface area (Å²) in [6.07, 6.45) is 13.5. The van der Waals surface area contributed by atoms with E-state index in [0.717, 1.165) is 49.9 Å². The van der Waals surface area contributed by atoms with E-state index in [1.165, 1.54) is 12.7 Å². The van der Waals surface area contributed by atoms with E-state index in [-0.39, 0.29) is 35.8 Å². The Kier molecular flexibility index (Phi) is 13.1. The summed E-state index contributed by atoms with van der Waals surface area (Å²) in [6.45, 7) is 16.7. The maximum Gasteiger partial charge on any atom is 0.410 e. The maximum atomic E-state index is 12.6. The van der Waals surface area contributed by atoms with Gasteiger partial charge in [-0.25, -0.2) is 34.7 Å². The fourth-order valence-electron chi connectivity index (χ4n) is 7.42. The number of likely N-dealkylation sites (tertiary alicyclic amines) is 1. The second-order valence-electron chi connectivity index (χ2n) is 17.4. The Balaban J connectivity index is 0.000000193. The van der Waals surface area contributed by atoms with Crippen LogP contribution < -0.4 is 27.4 Å². The van der Waals surface area contributed by atoms with Crippen molar-refractivity contribution in [2.75, 3.05) is 36.8 Å². The van der Waals surface area contributed by atoms with Gasteiger partial charge in [-0.3, -0.25) is 19.0 Å². The van der Waals surface area contributed by atoms with E-state index < -0.39 is 17.4 Å². The molecule has 8 heterocycles. The van der Waals surface area contributed by atoms with Crippen LogP contribution in [-0.2, 0) is 4.74 Å². The molecule has 63 heavy (non-hydrogen) atoms. The first-order chi connectivity index (χ1) is 30.0. The van der Waals surface area contributed by atoms with E-state index in [1.807, 2.05) is 70.2 Å². The summed E-state index contributed by atoms with van der Waals surface area (Å²) in [5, 5.41) is 19.0. The molecule has 20 nitrogen and oxygen atoms in total. The van der Waals surface area contributed by atoms with Crippen molar-refractivity contribution >= 4 is 51.6 Å². The number of primary amides is 2. The van der Waals surface area contributed by atoms with Gasteiger partial charge < -0.3 is 37.1 Å². The van der Waals surface area contributed by atoms with Gasteiger partial charge in [-0.2, -0.15) is 10.2 Å². The average Bonchev–Trinajstić information content (AvgIpc) is 3.96. The van der Waals surface area contributed by atoms with Gasteiger partial charge in [-0.1, -0.05) is 0 Å². The molecule has 2 atom stereocenters. The number of pyridine rings is 2. The Morgan fingerprint density at radius 2 is 1.25 bits per heavy atom. The fraction of sp³-hybridized carbons (Fsp3) is 0.465. The predicted molar refractivity (Wildman–Crippen MR) is 239 cm³/mol. The third-order valence-electron chi connectivity index (χ3n) is 10.6. The van der Waals surface area contributed by atoms with Gasteiger partial charge in [0.2, 0.25) is 0 Å². The summed E-state index contributed by atoms with van der Waals surface area (Å²) < 4.78 is 9.20. The van der Waals surface area contributed by atoms with Crippen molar-refractivity contribution in [1.82, 2.24) is 59.7 Å². The molecule has 0 bridgehead atoms. The Morgan fingerprint density at radius 3 is 1.70 bits per heavy atom. The number of carbonyl (C=O) groups is 3. The number of nitrogens with two attached hydrogens (primary N) is 2. The second kappa shape index (κ2) is 18.6. The Bertz CT molecular complexity index is 2610. The van der Waals surface area contributed by atoms with Crippen molar-refractivity contribution in [3.63, 3.8) is 0 Å². The molecule has 0 aliphatic carbocycles.